The lowest BCUT2D eigenvalue weighted by Gasteiger charge is -2.32. The average molecular weight is 1180 g/mol. The zero-order valence-electron chi connectivity index (χ0n) is 47.4. The quantitative estimate of drug-likeness (QED) is 0.139. The second-order valence-electron chi connectivity index (χ2n) is 21.7. The average Bonchev–Trinajstić information content (AvgIpc) is 1.84. The number of fused-ring (bicyclic) bond motifs is 6. The summed E-state index contributed by atoms with van der Waals surface area (Å²) >= 11 is 17.7. The standard InChI is InChI=1S/C33H21ClN4.C30H28BNO2.C9H5Cl2N3/c34-33-36-31(23-13-5-2-6-14-23)35-32(37-33)27-20-19-24(21-28(27)22-11-3-1-4-12-22)38-29-17-9-7-15-25(29)26-16-8-10-18-30(26)38;1-29(2)30(3,4)34-31(33-29)26-19-18-22(20-25(26)21-12-6-5-7-13-21)32-27-16-10-8-14-23(27)24-15-9-11-17-28(24)32;10-8-12-7(13-9(11)14-8)6-4-2-1-3-5-6/h1-21H;5-20H,1-4H3;1-5H. The van der Waals surface area contributed by atoms with Gasteiger partial charge in [0.2, 0.25) is 15.9 Å². The fourth-order valence-corrected chi connectivity index (χ4v) is 11.6. The summed E-state index contributed by atoms with van der Waals surface area (Å²) in [6.07, 6.45) is 0. The van der Waals surface area contributed by atoms with E-state index in [0.717, 1.165) is 66.8 Å². The summed E-state index contributed by atoms with van der Waals surface area (Å²) in [6, 6.07) is 87.4. The lowest BCUT2D eigenvalue weighted by molar-refractivity contribution is 0.00578. The third kappa shape index (κ3) is 11.0. The Morgan fingerprint density at radius 2 is 0.640 bits per heavy atom. The van der Waals surface area contributed by atoms with Gasteiger partial charge in [0, 0.05) is 49.6 Å². The van der Waals surface area contributed by atoms with Crippen molar-refractivity contribution in [2.75, 3.05) is 0 Å². The molecule has 10 nitrogen and oxygen atoms in total. The molecule has 0 amide bonds. The second kappa shape index (κ2) is 23.6. The topological polar surface area (TPSA) is 106 Å². The van der Waals surface area contributed by atoms with Crippen LogP contribution in [0.1, 0.15) is 27.7 Å². The summed E-state index contributed by atoms with van der Waals surface area (Å²) in [6.45, 7) is 8.40. The first-order valence-electron chi connectivity index (χ1n) is 28.2. The van der Waals surface area contributed by atoms with Gasteiger partial charge < -0.3 is 18.4 Å². The highest BCUT2D eigenvalue weighted by Gasteiger charge is 2.52. The summed E-state index contributed by atoms with van der Waals surface area (Å²) in [5.41, 5.74) is 14.2. The Morgan fingerprint density at radius 3 is 1.07 bits per heavy atom. The maximum absolute atomic E-state index is 6.45. The van der Waals surface area contributed by atoms with E-state index in [1.165, 1.54) is 32.6 Å². The Labute approximate surface area is 513 Å². The maximum atomic E-state index is 6.45. The van der Waals surface area contributed by atoms with Crippen LogP contribution in [0.2, 0.25) is 15.9 Å². The van der Waals surface area contributed by atoms with Gasteiger partial charge in [-0.25, -0.2) is 4.98 Å². The molecule has 0 aliphatic carbocycles. The highest BCUT2D eigenvalue weighted by molar-refractivity contribution is 6.64. The van der Waals surface area contributed by atoms with E-state index < -0.39 is 18.3 Å². The minimum atomic E-state index is -0.424. The molecule has 0 radical (unpaired) electrons. The van der Waals surface area contributed by atoms with Crippen molar-refractivity contribution in [3.63, 3.8) is 0 Å². The van der Waals surface area contributed by atoms with Crippen molar-refractivity contribution in [2.45, 2.75) is 38.9 Å². The van der Waals surface area contributed by atoms with Gasteiger partial charge in [-0.05, 0) is 145 Å². The molecule has 0 atom stereocenters. The van der Waals surface area contributed by atoms with E-state index in [0.29, 0.717) is 17.5 Å². The Morgan fingerprint density at radius 1 is 0.314 bits per heavy atom. The first-order chi connectivity index (χ1) is 41.9. The zero-order chi connectivity index (χ0) is 58.9. The van der Waals surface area contributed by atoms with Crippen LogP contribution in [0.5, 0.6) is 0 Å². The number of benzene rings is 10. The summed E-state index contributed by atoms with van der Waals surface area (Å²) in [7, 11) is -0.424. The highest BCUT2D eigenvalue weighted by Crippen LogP contribution is 2.40. The van der Waals surface area contributed by atoms with E-state index in [2.05, 4.69) is 238 Å². The monoisotopic (exact) mass is 1180 g/mol. The molecule has 15 rings (SSSR count). The molecular weight excluding hydrogens is 1130 g/mol. The number of hydrogen-bond donors (Lipinski definition) is 0. The van der Waals surface area contributed by atoms with E-state index in [1.54, 1.807) is 0 Å². The molecule has 418 valence electrons. The molecule has 86 heavy (non-hydrogen) atoms. The lowest BCUT2D eigenvalue weighted by Crippen LogP contribution is -2.41. The van der Waals surface area contributed by atoms with Crippen molar-refractivity contribution in [3.8, 4) is 67.8 Å². The Bertz CT molecular complexity index is 4630. The second-order valence-corrected chi connectivity index (χ2v) is 22.8. The molecule has 0 spiro atoms. The van der Waals surface area contributed by atoms with Crippen molar-refractivity contribution in [3.05, 3.63) is 271 Å². The van der Waals surface area contributed by atoms with E-state index in [9.17, 15) is 0 Å². The minimum Gasteiger partial charge on any atom is -0.399 e. The molecule has 1 aliphatic rings. The van der Waals surface area contributed by atoms with Gasteiger partial charge in [0.15, 0.2) is 17.5 Å². The normalized spacial score (nSPS) is 13.4. The van der Waals surface area contributed by atoms with Crippen LogP contribution in [-0.2, 0) is 9.31 Å². The van der Waals surface area contributed by atoms with Crippen molar-refractivity contribution in [1.29, 1.82) is 0 Å². The third-order valence-electron chi connectivity index (χ3n) is 15.9. The first kappa shape index (κ1) is 55.8. The first-order valence-corrected chi connectivity index (χ1v) is 29.3. The van der Waals surface area contributed by atoms with Gasteiger partial charge in [0.25, 0.3) is 0 Å². The van der Waals surface area contributed by atoms with E-state index in [4.69, 9.17) is 49.1 Å². The van der Waals surface area contributed by atoms with Crippen LogP contribution in [0.15, 0.2) is 255 Å². The number of hydrogen-bond acceptors (Lipinski definition) is 8. The number of nitrogens with zero attached hydrogens (tertiary/aromatic N) is 8. The summed E-state index contributed by atoms with van der Waals surface area (Å²) < 4.78 is 17.6. The predicted molar refractivity (Wildman–Crippen MR) is 353 cm³/mol. The number of aromatic nitrogens is 8. The molecule has 14 heteroatoms. The van der Waals surface area contributed by atoms with Gasteiger partial charge in [0.1, 0.15) is 0 Å². The largest absolute Gasteiger partial charge is 0.495 e. The Hall–Kier alpha value is -9.33. The third-order valence-corrected chi connectivity index (χ3v) is 16.4. The van der Waals surface area contributed by atoms with Gasteiger partial charge in [-0.3, -0.25) is 0 Å². The summed E-state index contributed by atoms with van der Waals surface area (Å²) in [4.78, 5) is 25.4. The van der Waals surface area contributed by atoms with Crippen LogP contribution in [-0.4, -0.2) is 57.4 Å². The molecular formula is C72H54BCl3N8O2. The van der Waals surface area contributed by atoms with Crippen LogP contribution in [0, 0.1) is 0 Å². The molecule has 14 aromatic rings. The van der Waals surface area contributed by atoms with E-state index in [1.807, 2.05) is 78.9 Å². The van der Waals surface area contributed by atoms with Crippen molar-refractivity contribution < 1.29 is 9.31 Å². The predicted octanol–water partition coefficient (Wildman–Crippen LogP) is 18.2. The Kier molecular flexibility index (Phi) is 15.3. The van der Waals surface area contributed by atoms with Crippen LogP contribution in [0.4, 0.5) is 0 Å². The van der Waals surface area contributed by atoms with Crippen molar-refractivity contribution in [2.24, 2.45) is 0 Å². The zero-order valence-corrected chi connectivity index (χ0v) is 49.6. The van der Waals surface area contributed by atoms with Crippen LogP contribution in [0.25, 0.3) is 111 Å². The summed E-state index contributed by atoms with van der Waals surface area (Å²) in [5, 5.41) is 5.34. The van der Waals surface area contributed by atoms with Crippen molar-refractivity contribution >= 4 is 91.0 Å². The van der Waals surface area contributed by atoms with E-state index in [-0.39, 0.29) is 15.9 Å². The fraction of sp³-hybridized carbons (Fsp3) is 0.0833. The molecule has 0 saturated carbocycles. The minimum absolute atomic E-state index is 0.101. The molecule has 0 bridgehead atoms. The Balaban J connectivity index is 0.000000131. The molecule has 1 fully saturated rings. The molecule has 0 N–H and O–H groups in total. The highest BCUT2D eigenvalue weighted by atomic mass is 35.5. The van der Waals surface area contributed by atoms with Crippen LogP contribution >= 0.6 is 34.8 Å². The summed E-state index contributed by atoms with van der Waals surface area (Å²) in [5.74, 6) is 1.57. The molecule has 1 saturated heterocycles. The molecule has 4 aromatic heterocycles. The smallest absolute Gasteiger partial charge is 0.399 e. The van der Waals surface area contributed by atoms with Gasteiger partial charge >= 0.3 is 7.12 Å². The van der Waals surface area contributed by atoms with Crippen molar-refractivity contribution in [1.82, 2.24) is 39.0 Å². The van der Waals surface area contributed by atoms with E-state index >= 15 is 0 Å². The molecule has 10 aromatic carbocycles. The maximum Gasteiger partial charge on any atom is 0.495 e. The van der Waals surface area contributed by atoms with Gasteiger partial charge in [-0.2, -0.15) is 24.9 Å². The van der Waals surface area contributed by atoms with Gasteiger partial charge in [-0.1, -0.05) is 200 Å². The van der Waals surface area contributed by atoms with Crippen LogP contribution < -0.4 is 5.46 Å². The molecule has 0 unspecified atom stereocenters. The fourth-order valence-electron chi connectivity index (χ4n) is 11.1. The number of rotatable bonds is 8. The van der Waals surface area contributed by atoms with Crippen LogP contribution in [0.3, 0.4) is 0 Å². The van der Waals surface area contributed by atoms with Gasteiger partial charge in [-0.15, -0.1) is 0 Å². The number of para-hydroxylation sites is 4. The molecule has 5 heterocycles. The van der Waals surface area contributed by atoms with Gasteiger partial charge in [0.05, 0.1) is 33.3 Å². The molecule has 1 aliphatic heterocycles. The SMILES string of the molecule is CC1(C)OB(c2ccc(-n3c4ccccc4c4ccccc43)cc2-c2ccccc2)OC1(C)C.Clc1nc(-c2ccccc2)nc(-c2ccc(-n3c4ccccc4c4ccccc43)cc2-c2ccccc2)n1.Clc1nc(Cl)nc(-c2ccccc2)n1. The number of halogens is 3. The lowest BCUT2D eigenvalue weighted by atomic mass is 9.74.